The third kappa shape index (κ3) is 71.1. The lowest BCUT2D eigenvalue weighted by Crippen LogP contribution is -2.40. The van der Waals surface area contributed by atoms with Crippen LogP contribution in [0.1, 0.15) is 292 Å². The van der Waals surface area contributed by atoms with Gasteiger partial charge in [-0.2, -0.15) is 0 Å². The zero-order chi connectivity index (χ0) is 55.9. The Labute approximate surface area is 437 Å². The van der Waals surface area contributed by atoms with Crippen molar-refractivity contribution in [1.29, 1.82) is 0 Å². The maximum Gasteiger partial charge on any atom is 0.155 e. The van der Waals surface area contributed by atoms with Gasteiger partial charge in [-0.25, -0.2) is 0 Å². The van der Waals surface area contributed by atoms with Crippen molar-refractivity contribution in [2.75, 3.05) is 6.61 Å². The van der Waals surface area contributed by atoms with Crippen LogP contribution in [0.4, 0.5) is 0 Å². The van der Waals surface area contributed by atoms with Gasteiger partial charge in [0, 0.05) is 12.5 Å². The van der Waals surface area contributed by atoms with Gasteiger partial charge >= 0.3 is 0 Å². The van der Waals surface area contributed by atoms with Gasteiger partial charge in [-0.15, -0.1) is 0 Å². The number of allylic oxidation sites excluding steroid dienone is 4. The van der Waals surface area contributed by atoms with Gasteiger partial charge in [0.05, 0.1) is 18.3 Å². The third-order valence-electron chi connectivity index (χ3n) is 10.7. The summed E-state index contributed by atoms with van der Waals surface area (Å²) in [5.41, 5.74) is 1.59. The molecule has 0 spiro atoms. The van der Waals surface area contributed by atoms with E-state index in [1.165, 1.54) is 70.6 Å². The molecule has 3 aliphatic carbocycles. The van der Waals surface area contributed by atoms with E-state index in [4.69, 9.17) is 14.2 Å². The molecule has 1 aromatic carbocycles. The Bertz CT molecular complexity index is 836. The summed E-state index contributed by atoms with van der Waals surface area (Å²) in [6.45, 7) is 67.5. The maximum absolute atomic E-state index is 5.45. The Hall–Kier alpha value is -1.42. The molecule has 0 aromatic heterocycles. The van der Waals surface area contributed by atoms with Crippen molar-refractivity contribution in [2.24, 2.45) is 41.4 Å². The molecule has 1 saturated carbocycles. The van der Waals surface area contributed by atoms with Crippen molar-refractivity contribution in [3.8, 4) is 0 Å². The van der Waals surface area contributed by atoms with E-state index >= 15 is 0 Å². The lowest BCUT2D eigenvalue weighted by atomic mass is 9.84. The summed E-state index contributed by atoms with van der Waals surface area (Å²) in [5.74, 6) is 5.97. The van der Waals surface area contributed by atoms with Gasteiger partial charge in [0.1, 0.15) is 0 Å². The largest absolute Gasteiger partial charge is 0.378 e. The first-order chi connectivity index (χ1) is 32.8. The number of ether oxygens (including phenoxy) is 3. The van der Waals surface area contributed by atoms with Gasteiger partial charge in [0.25, 0.3) is 0 Å². The van der Waals surface area contributed by atoms with E-state index in [0.717, 1.165) is 42.1 Å². The minimum absolute atomic E-state index is 0.0267. The Morgan fingerprint density at radius 1 is 0.368 bits per heavy atom. The van der Waals surface area contributed by atoms with Gasteiger partial charge in [-0.1, -0.05) is 273 Å². The molecule has 418 valence electrons. The molecule has 0 N–H and O–H groups in total. The molecule has 6 rings (SSSR count). The second kappa shape index (κ2) is 79.7. The van der Waals surface area contributed by atoms with Crippen LogP contribution in [-0.4, -0.2) is 31.2 Å². The van der Waals surface area contributed by atoms with E-state index in [1.807, 2.05) is 182 Å². The molecule has 2 saturated heterocycles. The fourth-order valence-corrected chi connectivity index (χ4v) is 6.29. The lowest BCUT2D eigenvalue weighted by Gasteiger charge is -2.36. The molecule has 7 unspecified atom stereocenters. The summed E-state index contributed by atoms with van der Waals surface area (Å²) in [5, 5.41) is 0. The molecule has 2 aliphatic heterocycles. The highest BCUT2D eigenvalue weighted by atomic mass is 16.7. The van der Waals surface area contributed by atoms with Crippen molar-refractivity contribution >= 4 is 0 Å². The first-order valence-corrected chi connectivity index (χ1v) is 30.0. The van der Waals surface area contributed by atoms with E-state index in [2.05, 4.69) is 94.4 Å². The van der Waals surface area contributed by atoms with E-state index in [9.17, 15) is 0 Å². The first-order valence-electron chi connectivity index (χ1n) is 30.0. The van der Waals surface area contributed by atoms with Crippen LogP contribution in [0.5, 0.6) is 0 Å². The molecule has 7 atom stereocenters. The molecule has 3 nitrogen and oxygen atoms in total. The maximum atomic E-state index is 5.45. The third-order valence-corrected chi connectivity index (χ3v) is 10.7. The van der Waals surface area contributed by atoms with Gasteiger partial charge < -0.3 is 14.2 Å². The SMILES string of the molecule is CC.CC.CC.CC.CC.CC.CC.CC.CC.CC.CC1=CCC(C)CC1.CC1C=CC(C)CC1.CC1CCC(C)CC1.CC1CCC(C)OC1.CC1OC(C)C(C)C(C)O1.c1ccccc1. The smallest absolute Gasteiger partial charge is 0.155 e. The summed E-state index contributed by atoms with van der Waals surface area (Å²) in [7, 11) is 0. The van der Waals surface area contributed by atoms with Crippen molar-refractivity contribution in [3.05, 3.63) is 60.2 Å². The normalized spacial score (nSPS) is 26.1. The zero-order valence-corrected chi connectivity index (χ0v) is 53.8. The fraction of sp³-hybridized carbons (Fsp3) is 0.846. The number of hydrogen-bond acceptors (Lipinski definition) is 3. The number of hydrogen-bond donors (Lipinski definition) is 0. The Morgan fingerprint density at radius 2 is 0.676 bits per heavy atom. The highest BCUT2D eigenvalue weighted by molar-refractivity contribution is 5.02. The predicted molar refractivity (Wildman–Crippen MR) is 324 cm³/mol. The second-order valence-corrected chi connectivity index (χ2v) is 16.3. The molecule has 2 heterocycles. The van der Waals surface area contributed by atoms with Crippen LogP contribution in [-0.2, 0) is 14.2 Å². The monoisotopic (exact) mass is 969 g/mol. The highest BCUT2D eigenvalue weighted by Gasteiger charge is 2.28. The Balaban J connectivity index is -0.0000000692. The van der Waals surface area contributed by atoms with Crippen LogP contribution in [0.25, 0.3) is 0 Å². The van der Waals surface area contributed by atoms with E-state index < -0.39 is 0 Å². The first kappa shape index (κ1) is 89.4. The average Bonchev–Trinajstić information content (AvgIpc) is 3.42. The van der Waals surface area contributed by atoms with Gasteiger partial charge in [0.15, 0.2) is 6.29 Å². The molecule has 5 aliphatic rings. The molecule has 3 heteroatoms. The molecular weight excluding hydrogens is 829 g/mol. The minimum atomic E-state index is -0.0267. The van der Waals surface area contributed by atoms with Crippen LogP contribution in [0.15, 0.2) is 60.2 Å². The molecular formula is C65H140O3. The average molecular weight is 970 g/mol. The fourth-order valence-electron chi connectivity index (χ4n) is 6.29. The van der Waals surface area contributed by atoms with Crippen LogP contribution in [0, 0.1) is 41.4 Å². The van der Waals surface area contributed by atoms with Crippen molar-refractivity contribution in [2.45, 2.75) is 317 Å². The topological polar surface area (TPSA) is 27.7 Å². The van der Waals surface area contributed by atoms with Crippen LogP contribution in [0.2, 0.25) is 0 Å². The van der Waals surface area contributed by atoms with Crippen LogP contribution in [0.3, 0.4) is 0 Å². The van der Waals surface area contributed by atoms with Crippen molar-refractivity contribution < 1.29 is 14.2 Å². The Morgan fingerprint density at radius 3 is 0.897 bits per heavy atom. The van der Waals surface area contributed by atoms with E-state index in [-0.39, 0.29) is 6.29 Å². The van der Waals surface area contributed by atoms with Gasteiger partial charge in [-0.05, 0) is 115 Å². The number of rotatable bonds is 0. The quantitative estimate of drug-likeness (QED) is 0.243. The number of benzene rings is 1. The summed E-state index contributed by atoms with van der Waals surface area (Å²) in [6.07, 6.45) is 23.5. The van der Waals surface area contributed by atoms with E-state index in [0.29, 0.717) is 24.2 Å². The Kier molecular flexibility index (Phi) is 105. The summed E-state index contributed by atoms with van der Waals surface area (Å²) in [6, 6.07) is 12.0. The molecule has 68 heavy (non-hydrogen) atoms. The second-order valence-electron chi connectivity index (χ2n) is 16.3. The molecule has 1 aromatic rings. The predicted octanol–water partition coefficient (Wildman–Crippen LogP) is 23.8. The molecule has 0 radical (unpaired) electrons. The van der Waals surface area contributed by atoms with Crippen molar-refractivity contribution in [3.63, 3.8) is 0 Å². The summed E-state index contributed by atoms with van der Waals surface area (Å²) >= 11 is 0. The van der Waals surface area contributed by atoms with Crippen LogP contribution < -0.4 is 0 Å². The minimum Gasteiger partial charge on any atom is -0.378 e. The standard InChI is InChI=1S/C8H16O2.C8H16.2C8H14.C7H14O.C6H6.10C2H6/c1-5-6(2)9-8(4)10-7(5)3;3*1-7-3-5-8(2)6-4-7;1-6-3-4-7(2)8-5-6;1-2-4-6-5-3-1;10*1-2/h5-8H,1-4H3;7-8H,3-6H2,1-2H3;3,8H,4-6H2,1-2H3;3,5,7-8H,4,6H2,1-2H3;6-7H,3-5H2,1-2H3;1-6H;10*1-2H3. The highest BCUT2D eigenvalue weighted by Crippen LogP contribution is 2.27. The molecule has 0 bridgehead atoms. The lowest BCUT2D eigenvalue weighted by molar-refractivity contribution is -0.248. The van der Waals surface area contributed by atoms with Crippen LogP contribution >= 0.6 is 0 Å². The summed E-state index contributed by atoms with van der Waals surface area (Å²) < 4.78 is 16.3. The van der Waals surface area contributed by atoms with E-state index in [1.54, 1.807) is 5.57 Å². The summed E-state index contributed by atoms with van der Waals surface area (Å²) in [4.78, 5) is 0. The zero-order valence-electron chi connectivity index (χ0n) is 53.8. The molecule has 0 amide bonds. The van der Waals surface area contributed by atoms with Crippen molar-refractivity contribution in [1.82, 2.24) is 0 Å². The van der Waals surface area contributed by atoms with Gasteiger partial charge in [0.2, 0.25) is 0 Å². The molecule has 3 fully saturated rings. The van der Waals surface area contributed by atoms with Gasteiger partial charge in [-0.3, -0.25) is 0 Å².